The highest BCUT2D eigenvalue weighted by Gasteiger charge is 2.35. The SMILES string of the molecule is OCC1(CNc2ccc3c(c2)CCCO3)CCC1. The molecule has 0 amide bonds. The summed E-state index contributed by atoms with van der Waals surface area (Å²) in [6.45, 7) is 2.02. The van der Waals surface area contributed by atoms with Crippen molar-refractivity contribution in [3.63, 3.8) is 0 Å². The predicted molar refractivity (Wildman–Crippen MR) is 72.1 cm³/mol. The molecule has 0 spiro atoms. The van der Waals surface area contributed by atoms with Crippen LogP contribution >= 0.6 is 0 Å². The Morgan fingerprint density at radius 1 is 1.28 bits per heavy atom. The average Bonchev–Trinajstić information content (AvgIpc) is 2.38. The van der Waals surface area contributed by atoms with Crippen LogP contribution in [0.25, 0.3) is 0 Å². The second kappa shape index (κ2) is 4.81. The van der Waals surface area contributed by atoms with Gasteiger partial charge in [-0.1, -0.05) is 6.42 Å². The van der Waals surface area contributed by atoms with Gasteiger partial charge in [0.15, 0.2) is 0 Å². The van der Waals surface area contributed by atoms with E-state index in [1.165, 1.54) is 12.0 Å². The van der Waals surface area contributed by atoms with Gasteiger partial charge in [0.1, 0.15) is 5.75 Å². The Balaban J connectivity index is 1.66. The van der Waals surface area contributed by atoms with Gasteiger partial charge in [0.05, 0.1) is 13.2 Å². The lowest BCUT2D eigenvalue weighted by Crippen LogP contribution is -2.39. The van der Waals surface area contributed by atoms with Gasteiger partial charge >= 0.3 is 0 Å². The van der Waals surface area contributed by atoms with Crippen molar-refractivity contribution in [3.8, 4) is 5.75 Å². The quantitative estimate of drug-likeness (QED) is 0.859. The molecular formula is C15H21NO2. The third kappa shape index (κ3) is 2.19. The maximum Gasteiger partial charge on any atom is 0.122 e. The van der Waals surface area contributed by atoms with E-state index in [4.69, 9.17) is 4.74 Å². The largest absolute Gasteiger partial charge is 0.493 e. The fraction of sp³-hybridized carbons (Fsp3) is 0.600. The van der Waals surface area contributed by atoms with Gasteiger partial charge in [-0.25, -0.2) is 0 Å². The van der Waals surface area contributed by atoms with Crippen LogP contribution in [0.5, 0.6) is 5.75 Å². The Kier molecular flexibility index (Phi) is 3.16. The van der Waals surface area contributed by atoms with Gasteiger partial charge < -0.3 is 15.2 Å². The summed E-state index contributed by atoms with van der Waals surface area (Å²) in [4.78, 5) is 0. The third-order valence-electron chi connectivity index (χ3n) is 4.33. The number of aliphatic hydroxyl groups excluding tert-OH is 1. The van der Waals surface area contributed by atoms with E-state index in [1.807, 2.05) is 0 Å². The summed E-state index contributed by atoms with van der Waals surface area (Å²) in [7, 11) is 0. The number of benzene rings is 1. The highest BCUT2D eigenvalue weighted by molar-refractivity contribution is 5.52. The first-order chi connectivity index (χ1) is 8.81. The lowest BCUT2D eigenvalue weighted by atomic mass is 9.69. The van der Waals surface area contributed by atoms with Crippen molar-refractivity contribution in [1.82, 2.24) is 0 Å². The molecule has 0 radical (unpaired) electrons. The molecule has 2 N–H and O–H groups in total. The minimum atomic E-state index is 0.131. The van der Waals surface area contributed by atoms with Crippen LogP contribution in [0.3, 0.4) is 0 Å². The van der Waals surface area contributed by atoms with Crippen LogP contribution in [0.1, 0.15) is 31.2 Å². The minimum absolute atomic E-state index is 0.131. The fourth-order valence-corrected chi connectivity index (χ4v) is 2.83. The second-order valence-electron chi connectivity index (χ2n) is 5.64. The van der Waals surface area contributed by atoms with Gasteiger partial charge in [-0.05, 0) is 49.4 Å². The van der Waals surface area contributed by atoms with Gasteiger partial charge in [0.25, 0.3) is 0 Å². The van der Waals surface area contributed by atoms with Gasteiger partial charge in [0, 0.05) is 17.6 Å². The molecule has 1 aliphatic carbocycles. The van der Waals surface area contributed by atoms with Crippen LogP contribution in [-0.2, 0) is 6.42 Å². The Labute approximate surface area is 108 Å². The monoisotopic (exact) mass is 247 g/mol. The number of fused-ring (bicyclic) bond motifs is 1. The van der Waals surface area contributed by atoms with Crippen molar-refractivity contribution in [3.05, 3.63) is 23.8 Å². The van der Waals surface area contributed by atoms with Crippen LogP contribution in [0, 0.1) is 5.41 Å². The van der Waals surface area contributed by atoms with Crippen LogP contribution in [0.2, 0.25) is 0 Å². The van der Waals surface area contributed by atoms with Crippen LogP contribution in [-0.4, -0.2) is 24.9 Å². The van der Waals surface area contributed by atoms with E-state index in [0.29, 0.717) is 6.61 Å². The number of aliphatic hydroxyl groups is 1. The van der Waals surface area contributed by atoms with Gasteiger partial charge in [-0.15, -0.1) is 0 Å². The number of nitrogens with one attached hydrogen (secondary N) is 1. The topological polar surface area (TPSA) is 41.5 Å². The summed E-state index contributed by atoms with van der Waals surface area (Å²) in [5, 5.41) is 12.9. The molecule has 1 aromatic carbocycles. The maximum absolute atomic E-state index is 9.45. The Morgan fingerprint density at radius 2 is 2.17 bits per heavy atom. The molecule has 3 heteroatoms. The molecule has 0 saturated heterocycles. The molecular weight excluding hydrogens is 226 g/mol. The number of aryl methyl sites for hydroxylation is 1. The molecule has 3 nitrogen and oxygen atoms in total. The van der Waals surface area contributed by atoms with E-state index in [-0.39, 0.29) is 5.41 Å². The van der Waals surface area contributed by atoms with Crippen molar-refractivity contribution in [2.45, 2.75) is 32.1 Å². The molecule has 1 heterocycles. The lowest BCUT2D eigenvalue weighted by molar-refractivity contribution is 0.0576. The lowest BCUT2D eigenvalue weighted by Gasteiger charge is -2.40. The molecule has 0 atom stereocenters. The number of rotatable bonds is 4. The van der Waals surface area contributed by atoms with Crippen molar-refractivity contribution >= 4 is 5.69 Å². The highest BCUT2D eigenvalue weighted by atomic mass is 16.5. The first kappa shape index (κ1) is 11.8. The van der Waals surface area contributed by atoms with E-state index in [9.17, 15) is 5.11 Å². The van der Waals surface area contributed by atoms with Crippen molar-refractivity contribution < 1.29 is 9.84 Å². The third-order valence-corrected chi connectivity index (χ3v) is 4.33. The molecule has 0 aromatic heterocycles. The first-order valence-corrected chi connectivity index (χ1v) is 6.92. The zero-order valence-corrected chi connectivity index (χ0v) is 10.7. The van der Waals surface area contributed by atoms with Crippen LogP contribution in [0.15, 0.2) is 18.2 Å². The summed E-state index contributed by atoms with van der Waals surface area (Å²) >= 11 is 0. The molecule has 1 aliphatic heterocycles. The number of hydrogen-bond donors (Lipinski definition) is 2. The Morgan fingerprint density at radius 3 is 2.89 bits per heavy atom. The average molecular weight is 247 g/mol. The van der Waals surface area contributed by atoms with Gasteiger partial charge in [0.2, 0.25) is 0 Å². The molecule has 0 unspecified atom stereocenters. The summed E-state index contributed by atoms with van der Waals surface area (Å²) in [5.74, 6) is 1.03. The molecule has 1 fully saturated rings. The molecule has 1 aromatic rings. The van der Waals surface area contributed by atoms with E-state index >= 15 is 0 Å². The minimum Gasteiger partial charge on any atom is -0.493 e. The molecule has 1 saturated carbocycles. The Hall–Kier alpha value is -1.22. The normalized spacial score (nSPS) is 20.5. The van der Waals surface area contributed by atoms with Crippen molar-refractivity contribution in [2.75, 3.05) is 25.1 Å². The van der Waals surface area contributed by atoms with Gasteiger partial charge in [-0.2, -0.15) is 0 Å². The van der Waals surface area contributed by atoms with E-state index in [0.717, 1.165) is 50.3 Å². The van der Waals surface area contributed by atoms with E-state index in [2.05, 4.69) is 23.5 Å². The summed E-state index contributed by atoms with van der Waals surface area (Å²) in [6.07, 6.45) is 5.75. The zero-order chi connectivity index (χ0) is 12.4. The molecule has 2 aliphatic rings. The Bertz CT molecular complexity index is 421. The second-order valence-corrected chi connectivity index (χ2v) is 5.64. The summed E-state index contributed by atoms with van der Waals surface area (Å²) in [6, 6.07) is 6.33. The van der Waals surface area contributed by atoms with E-state index in [1.54, 1.807) is 0 Å². The summed E-state index contributed by atoms with van der Waals surface area (Å²) < 4.78 is 5.61. The number of hydrogen-bond acceptors (Lipinski definition) is 3. The van der Waals surface area contributed by atoms with Gasteiger partial charge in [-0.3, -0.25) is 0 Å². The summed E-state index contributed by atoms with van der Waals surface area (Å²) in [5.41, 5.74) is 2.59. The van der Waals surface area contributed by atoms with Crippen molar-refractivity contribution in [2.24, 2.45) is 5.41 Å². The maximum atomic E-state index is 9.45. The fourth-order valence-electron chi connectivity index (χ4n) is 2.83. The zero-order valence-electron chi connectivity index (χ0n) is 10.7. The first-order valence-electron chi connectivity index (χ1n) is 6.92. The van der Waals surface area contributed by atoms with Crippen LogP contribution in [0.4, 0.5) is 5.69 Å². The standard InChI is InChI=1S/C15H21NO2/c17-11-15(6-2-7-15)10-16-13-4-5-14-12(9-13)3-1-8-18-14/h4-5,9,16-17H,1-3,6-8,10-11H2. The molecule has 98 valence electrons. The number of anilines is 1. The van der Waals surface area contributed by atoms with E-state index < -0.39 is 0 Å². The predicted octanol–water partition coefficient (Wildman–Crippen LogP) is 2.59. The van der Waals surface area contributed by atoms with Crippen molar-refractivity contribution in [1.29, 1.82) is 0 Å². The van der Waals surface area contributed by atoms with Crippen LogP contribution < -0.4 is 10.1 Å². The molecule has 3 rings (SSSR count). The smallest absolute Gasteiger partial charge is 0.122 e. The highest BCUT2D eigenvalue weighted by Crippen LogP contribution is 2.40. The molecule has 18 heavy (non-hydrogen) atoms. The number of ether oxygens (including phenoxy) is 1. The molecule has 0 bridgehead atoms.